The fourth-order valence-corrected chi connectivity index (χ4v) is 2.01. The summed E-state index contributed by atoms with van der Waals surface area (Å²) in [7, 11) is 0. The Balaban J connectivity index is 1.93. The first-order chi connectivity index (χ1) is 8.72. The second-order valence-corrected chi connectivity index (χ2v) is 5.20. The van der Waals surface area contributed by atoms with E-state index in [1.165, 1.54) is 38.5 Å². The highest BCUT2D eigenvalue weighted by atomic mass is 15.1. The van der Waals surface area contributed by atoms with Gasteiger partial charge in [0.25, 0.3) is 0 Å². The molecule has 0 atom stereocenters. The van der Waals surface area contributed by atoms with Gasteiger partial charge in [-0.05, 0) is 26.2 Å². The van der Waals surface area contributed by atoms with Crippen LogP contribution in [0.25, 0.3) is 0 Å². The van der Waals surface area contributed by atoms with Crippen molar-refractivity contribution < 1.29 is 0 Å². The Morgan fingerprint density at radius 2 is 2.00 bits per heavy atom. The number of hydrogen-bond acceptors (Lipinski definition) is 4. The third kappa shape index (κ3) is 3.34. The van der Waals surface area contributed by atoms with Crippen LogP contribution in [0, 0.1) is 6.92 Å². The lowest BCUT2D eigenvalue weighted by molar-refractivity contribution is 0.683. The number of aromatic nitrogens is 2. The Kier molecular flexibility index (Phi) is 4.39. The van der Waals surface area contributed by atoms with E-state index in [1.54, 1.807) is 0 Å². The largest absolute Gasteiger partial charge is 0.383 e. The Morgan fingerprint density at radius 1 is 1.22 bits per heavy atom. The topological polar surface area (TPSA) is 63.8 Å². The van der Waals surface area contributed by atoms with Gasteiger partial charge in [0.1, 0.15) is 17.5 Å². The third-order valence-electron chi connectivity index (χ3n) is 3.47. The van der Waals surface area contributed by atoms with Crippen molar-refractivity contribution in [2.45, 2.75) is 58.3 Å². The maximum atomic E-state index is 5.95. The van der Waals surface area contributed by atoms with Crippen LogP contribution < -0.4 is 11.1 Å². The van der Waals surface area contributed by atoms with E-state index in [2.05, 4.69) is 22.2 Å². The lowest BCUT2D eigenvalue weighted by Crippen LogP contribution is -2.10. The van der Waals surface area contributed by atoms with Crippen LogP contribution in [-0.4, -0.2) is 16.5 Å². The zero-order valence-corrected chi connectivity index (χ0v) is 11.5. The van der Waals surface area contributed by atoms with Crippen LogP contribution in [0.4, 0.5) is 11.6 Å². The molecule has 0 unspecified atom stereocenters. The van der Waals surface area contributed by atoms with E-state index in [9.17, 15) is 0 Å². The molecule has 0 bridgehead atoms. The van der Waals surface area contributed by atoms with Gasteiger partial charge in [-0.15, -0.1) is 0 Å². The van der Waals surface area contributed by atoms with E-state index in [4.69, 9.17) is 5.73 Å². The third-order valence-corrected chi connectivity index (χ3v) is 3.47. The van der Waals surface area contributed by atoms with Crippen molar-refractivity contribution in [1.29, 1.82) is 0 Å². The SMILES string of the molecule is CCCCCCNc1nc(C2CC2)nc(N)c1C. The maximum Gasteiger partial charge on any atom is 0.136 e. The summed E-state index contributed by atoms with van der Waals surface area (Å²) in [6.07, 6.45) is 7.45. The van der Waals surface area contributed by atoms with Gasteiger partial charge in [0.05, 0.1) is 0 Å². The van der Waals surface area contributed by atoms with E-state index in [0.717, 1.165) is 23.8 Å². The van der Waals surface area contributed by atoms with Gasteiger partial charge in [0.2, 0.25) is 0 Å². The molecule has 1 saturated carbocycles. The predicted molar refractivity (Wildman–Crippen MR) is 75.8 cm³/mol. The molecule has 1 aromatic rings. The standard InChI is InChI=1S/C14H24N4/c1-3-4-5-6-9-16-13-10(2)12(15)17-14(18-13)11-7-8-11/h11H,3-9H2,1-2H3,(H3,15,16,17,18). The van der Waals surface area contributed by atoms with Crippen LogP contribution in [-0.2, 0) is 0 Å². The van der Waals surface area contributed by atoms with Crippen LogP contribution >= 0.6 is 0 Å². The zero-order valence-electron chi connectivity index (χ0n) is 11.5. The molecule has 0 spiro atoms. The molecule has 0 amide bonds. The number of nitrogens with zero attached hydrogens (tertiary/aromatic N) is 2. The molecule has 1 aliphatic carbocycles. The Bertz CT molecular complexity index is 399. The van der Waals surface area contributed by atoms with Crippen molar-refractivity contribution in [3.63, 3.8) is 0 Å². The number of unbranched alkanes of at least 4 members (excludes halogenated alkanes) is 3. The van der Waals surface area contributed by atoms with Crippen molar-refractivity contribution in [2.75, 3.05) is 17.6 Å². The number of hydrogen-bond donors (Lipinski definition) is 2. The normalized spacial score (nSPS) is 14.8. The van der Waals surface area contributed by atoms with Gasteiger partial charge in [-0.1, -0.05) is 26.2 Å². The molecular formula is C14H24N4. The molecule has 2 rings (SSSR count). The highest BCUT2D eigenvalue weighted by molar-refractivity contribution is 5.55. The number of rotatable bonds is 7. The average Bonchev–Trinajstić information content (AvgIpc) is 3.18. The predicted octanol–water partition coefficient (Wildman–Crippen LogP) is 3.24. The first-order valence-electron chi connectivity index (χ1n) is 7.10. The van der Waals surface area contributed by atoms with Crippen LogP contribution in [0.15, 0.2) is 0 Å². The van der Waals surface area contributed by atoms with E-state index >= 15 is 0 Å². The van der Waals surface area contributed by atoms with Gasteiger partial charge < -0.3 is 11.1 Å². The minimum absolute atomic E-state index is 0.550. The summed E-state index contributed by atoms with van der Waals surface area (Å²) in [6.45, 7) is 5.19. The van der Waals surface area contributed by atoms with Gasteiger partial charge >= 0.3 is 0 Å². The van der Waals surface area contributed by atoms with Crippen LogP contribution in [0.2, 0.25) is 0 Å². The molecule has 1 heterocycles. The Hall–Kier alpha value is -1.32. The summed E-state index contributed by atoms with van der Waals surface area (Å²) in [5.74, 6) is 3.03. The average molecular weight is 248 g/mol. The fraction of sp³-hybridized carbons (Fsp3) is 0.714. The molecule has 1 aliphatic rings. The molecule has 3 N–H and O–H groups in total. The van der Waals surface area contributed by atoms with Crippen molar-refractivity contribution in [1.82, 2.24) is 9.97 Å². The monoisotopic (exact) mass is 248 g/mol. The van der Waals surface area contributed by atoms with E-state index in [1.807, 2.05) is 6.92 Å². The molecule has 100 valence electrons. The molecule has 1 aromatic heterocycles. The molecule has 4 nitrogen and oxygen atoms in total. The van der Waals surface area contributed by atoms with E-state index in [-0.39, 0.29) is 0 Å². The van der Waals surface area contributed by atoms with Gasteiger partial charge in [0, 0.05) is 18.0 Å². The lowest BCUT2D eigenvalue weighted by Gasteiger charge is -2.11. The molecule has 18 heavy (non-hydrogen) atoms. The van der Waals surface area contributed by atoms with Gasteiger partial charge in [-0.25, -0.2) is 9.97 Å². The first kappa shape index (κ1) is 13.1. The Labute approximate surface area is 109 Å². The minimum Gasteiger partial charge on any atom is -0.383 e. The zero-order chi connectivity index (χ0) is 13.0. The summed E-state index contributed by atoms with van der Waals surface area (Å²) in [5.41, 5.74) is 6.93. The molecule has 0 radical (unpaired) electrons. The van der Waals surface area contributed by atoms with Crippen molar-refractivity contribution in [3.05, 3.63) is 11.4 Å². The quantitative estimate of drug-likeness (QED) is 0.727. The van der Waals surface area contributed by atoms with Gasteiger partial charge in [-0.2, -0.15) is 0 Å². The van der Waals surface area contributed by atoms with Gasteiger partial charge in [0.15, 0.2) is 0 Å². The smallest absolute Gasteiger partial charge is 0.136 e. The van der Waals surface area contributed by atoms with Crippen LogP contribution in [0.3, 0.4) is 0 Å². The van der Waals surface area contributed by atoms with Crippen molar-refractivity contribution in [3.8, 4) is 0 Å². The van der Waals surface area contributed by atoms with E-state index in [0.29, 0.717) is 11.7 Å². The number of nitrogens with one attached hydrogen (secondary N) is 1. The fourth-order valence-electron chi connectivity index (χ4n) is 2.01. The van der Waals surface area contributed by atoms with E-state index < -0.39 is 0 Å². The number of nitrogens with two attached hydrogens (primary N) is 1. The van der Waals surface area contributed by atoms with Gasteiger partial charge in [-0.3, -0.25) is 0 Å². The summed E-state index contributed by atoms with van der Waals surface area (Å²) in [6, 6.07) is 0. The second-order valence-electron chi connectivity index (χ2n) is 5.20. The van der Waals surface area contributed by atoms with Crippen molar-refractivity contribution >= 4 is 11.6 Å². The number of anilines is 2. The van der Waals surface area contributed by atoms with Crippen molar-refractivity contribution in [2.24, 2.45) is 0 Å². The summed E-state index contributed by atoms with van der Waals surface area (Å²) < 4.78 is 0. The van der Waals surface area contributed by atoms with Crippen LogP contribution in [0.1, 0.15) is 62.8 Å². The lowest BCUT2D eigenvalue weighted by atomic mass is 10.2. The summed E-state index contributed by atoms with van der Waals surface area (Å²) >= 11 is 0. The second kappa shape index (κ2) is 6.03. The molecule has 0 saturated heterocycles. The molecular weight excluding hydrogens is 224 g/mol. The number of nitrogen functional groups attached to an aromatic ring is 1. The minimum atomic E-state index is 0.550. The Morgan fingerprint density at radius 3 is 2.67 bits per heavy atom. The molecule has 1 fully saturated rings. The highest BCUT2D eigenvalue weighted by Crippen LogP contribution is 2.39. The molecule has 0 aliphatic heterocycles. The summed E-state index contributed by atoms with van der Waals surface area (Å²) in [5, 5.41) is 3.40. The summed E-state index contributed by atoms with van der Waals surface area (Å²) in [4.78, 5) is 8.99. The maximum absolute atomic E-state index is 5.95. The highest BCUT2D eigenvalue weighted by Gasteiger charge is 2.27. The first-order valence-corrected chi connectivity index (χ1v) is 7.10. The molecule has 4 heteroatoms. The molecule has 0 aromatic carbocycles. The van der Waals surface area contributed by atoms with Crippen LogP contribution in [0.5, 0.6) is 0 Å².